The predicted molar refractivity (Wildman–Crippen MR) is 83.1 cm³/mol. The summed E-state index contributed by atoms with van der Waals surface area (Å²) in [4.78, 5) is 4.37. The van der Waals surface area contributed by atoms with Crippen LogP contribution in [0.3, 0.4) is 0 Å². The van der Waals surface area contributed by atoms with Gasteiger partial charge in [0, 0.05) is 28.7 Å². The molecule has 1 heterocycles. The Morgan fingerprint density at radius 3 is 2.81 bits per heavy atom. The maximum atomic E-state index is 9.28. The standard InChI is InChI=1S/C16H11ClN4/c17-13-4-5-15(12(8-13)10-18)21-7-6-20-16(21)11-2-1-3-14(19)9-11/h1-9H,19H2. The van der Waals surface area contributed by atoms with E-state index in [-0.39, 0.29) is 0 Å². The van der Waals surface area contributed by atoms with Gasteiger partial charge in [-0.1, -0.05) is 23.7 Å². The van der Waals surface area contributed by atoms with Crippen molar-refractivity contribution in [2.75, 3.05) is 5.73 Å². The summed E-state index contributed by atoms with van der Waals surface area (Å²) in [6, 6.07) is 14.8. The van der Waals surface area contributed by atoms with Gasteiger partial charge in [-0.2, -0.15) is 5.26 Å². The molecule has 0 saturated carbocycles. The second-order valence-corrected chi connectivity index (χ2v) is 4.96. The minimum Gasteiger partial charge on any atom is -0.399 e. The fraction of sp³-hybridized carbons (Fsp3) is 0. The number of halogens is 1. The summed E-state index contributed by atoms with van der Waals surface area (Å²) in [5, 5.41) is 9.81. The minimum absolute atomic E-state index is 0.491. The van der Waals surface area contributed by atoms with E-state index in [1.54, 1.807) is 24.4 Å². The van der Waals surface area contributed by atoms with E-state index in [2.05, 4.69) is 11.1 Å². The normalized spacial score (nSPS) is 10.3. The van der Waals surface area contributed by atoms with Crippen molar-refractivity contribution in [2.45, 2.75) is 0 Å². The quantitative estimate of drug-likeness (QED) is 0.734. The van der Waals surface area contributed by atoms with Gasteiger partial charge in [-0.25, -0.2) is 4.98 Å². The van der Waals surface area contributed by atoms with Crippen molar-refractivity contribution >= 4 is 17.3 Å². The summed E-state index contributed by atoms with van der Waals surface area (Å²) >= 11 is 5.94. The first kappa shape index (κ1) is 13.2. The second-order valence-electron chi connectivity index (χ2n) is 4.52. The van der Waals surface area contributed by atoms with Gasteiger partial charge >= 0.3 is 0 Å². The molecule has 2 N–H and O–H groups in total. The third-order valence-electron chi connectivity index (χ3n) is 3.12. The van der Waals surface area contributed by atoms with Crippen LogP contribution in [0.5, 0.6) is 0 Å². The van der Waals surface area contributed by atoms with Gasteiger partial charge in [0.2, 0.25) is 0 Å². The molecular formula is C16H11ClN4. The van der Waals surface area contributed by atoms with Crippen molar-refractivity contribution in [3.63, 3.8) is 0 Å². The van der Waals surface area contributed by atoms with Crippen LogP contribution in [0.2, 0.25) is 5.02 Å². The fourth-order valence-corrected chi connectivity index (χ4v) is 2.37. The van der Waals surface area contributed by atoms with Crippen LogP contribution in [-0.2, 0) is 0 Å². The molecule has 0 amide bonds. The number of benzene rings is 2. The molecule has 5 heteroatoms. The minimum atomic E-state index is 0.491. The van der Waals surface area contributed by atoms with Crippen molar-refractivity contribution < 1.29 is 0 Å². The highest BCUT2D eigenvalue weighted by molar-refractivity contribution is 6.30. The van der Waals surface area contributed by atoms with Crippen molar-refractivity contribution in [1.82, 2.24) is 9.55 Å². The molecule has 4 nitrogen and oxygen atoms in total. The van der Waals surface area contributed by atoms with Crippen LogP contribution in [0.4, 0.5) is 5.69 Å². The molecular weight excluding hydrogens is 284 g/mol. The smallest absolute Gasteiger partial charge is 0.144 e. The lowest BCUT2D eigenvalue weighted by Crippen LogP contribution is -1.99. The highest BCUT2D eigenvalue weighted by atomic mass is 35.5. The Morgan fingerprint density at radius 2 is 2.05 bits per heavy atom. The summed E-state index contributed by atoms with van der Waals surface area (Å²) in [7, 11) is 0. The van der Waals surface area contributed by atoms with Gasteiger partial charge in [-0.3, -0.25) is 4.57 Å². The third-order valence-corrected chi connectivity index (χ3v) is 3.36. The van der Waals surface area contributed by atoms with Crippen molar-refractivity contribution in [1.29, 1.82) is 5.26 Å². The van der Waals surface area contributed by atoms with E-state index in [1.807, 2.05) is 35.0 Å². The number of nitrogen functional groups attached to an aromatic ring is 1. The molecule has 0 aliphatic heterocycles. The van der Waals surface area contributed by atoms with E-state index >= 15 is 0 Å². The van der Waals surface area contributed by atoms with Crippen LogP contribution >= 0.6 is 11.6 Å². The van der Waals surface area contributed by atoms with Crippen LogP contribution in [-0.4, -0.2) is 9.55 Å². The van der Waals surface area contributed by atoms with E-state index in [0.717, 1.165) is 17.1 Å². The Bertz CT molecular complexity index is 845. The molecule has 2 aromatic carbocycles. The van der Waals surface area contributed by atoms with Crippen LogP contribution in [0.1, 0.15) is 5.56 Å². The second kappa shape index (κ2) is 5.31. The van der Waals surface area contributed by atoms with Crippen LogP contribution in [0.15, 0.2) is 54.9 Å². The summed E-state index contributed by atoms with van der Waals surface area (Å²) in [5.41, 5.74) is 8.60. The Kier molecular flexibility index (Phi) is 3.35. The maximum absolute atomic E-state index is 9.28. The average molecular weight is 295 g/mol. The lowest BCUT2D eigenvalue weighted by molar-refractivity contribution is 1.06. The van der Waals surface area contributed by atoms with Gasteiger partial charge in [0.15, 0.2) is 0 Å². The van der Waals surface area contributed by atoms with Crippen molar-refractivity contribution in [3.8, 4) is 23.1 Å². The SMILES string of the molecule is N#Cc1cc(Cl)ccc1-n1ccnc1-c1cccc(N)c1. The third kappa shape index (κ3) is 2.47. The summed E-state index contributed by atoms with van der Waals surface area (Å²) in [5.74, 6) is 0.723. The number of imidazole rings is 1. The zero-order chi connectivity index (χ0) is 14.8. The first-order chi connectivity index (χ1) is 10.2. The Balaban J connectivity index is 2.19. The van der Waals surface area contributed by atoms with Crippen LogP contribution < -0.4 is 5.73 Å². The topological polar surface area (TPSA) is 67.6 Å². The number of anilines is 1. The number of rotatable bonds is 2. The molecule has 0 aliphatic carbocycles. The van der Waals surface area contributed by atoms with Gasteiger partial charge in [-0.05, 0) is 30.3 Å². The fourth-order valence-electron chi connectivity index (χ4n) is 2.20. The zero-order valence-electron chi connectivity index (χ0n) is 11.0. The van der Waals surface area contributed by atoms with Gasteiger partial charge in [0.1, 0.15) is 11.9 Å². The average Bonchev–Trinajstić information content (AvgIpc) is 2.96. The first-order valence-electron chi connectivity index (χ1n) is 6.28. The van der Waals surface area contributed by atoms with E-state index in [9.17, 15) is 5.26 Å². The van der Waals surface area contributed by atoms with Gasteiger partial charge in [0.25, 0.3) is 0 Å². The number of nitrogens with two attached hydrogens (primary N) is 1. The van der Waals surface area contributed by atoms with Gasteiger partial charge < -0.3 is 5.73 Å². The highest BCUT2D eigenvalue weighted by Crippen LogP contribution is 2.26. The first-order valence-corrected chi connectivity index (χ1v) is 6.66. The zero-order valence-corrected chi connectivity index (χ0v) is 11.7. The largest absolute Gasteiger partial charge is 0.399 e. The number of hydrogen-bond acceptors (Lipinski definition) is 3. The molecule has 21 heavy (non-hydrogen) atoms. The van der Waals surface area contributed by atoms with Crippen molar-refractivity contribution in [3.05, 3.63) is 65.4 Å². The molecule has 0 saturated heterocycles. The Labute approximate surface area is 127 Å². The van der Waals surface area contributed by atoms with E-state index in [4.69, 9.17) is 17.3 Å². The predicted octanol–water partition coefficient (Wildman–Crippen LogP) is 3.65. The Morgan fingerprint density at radius 1 is 1.19 bits per heavy atom. The molecule has 3 aromatic rings. The Hall–Kier alpha value is -2.77. The van der Waals surface area contributed by atoms with E-state index in [1.165, 1.54) is 0 Å². The number of aromatic nitrogens is 2. The molecule has 0 atom stereocenters. The summed E-state index contributed by atoms with van der Waals surface area (Å²) < 4.78 is 1.85. The van der Waals surface area contributed by atoms with Crippen LogP contribution in [0.25, 0.3) is 17.1 Å². The molecule has 0 fully saturated rings. The van der Waals surface area contributed by atoms with E-state index in [0.29, 0.717) is 16.3 Å². The monoisotopic (exact) mass is 294 g/mol. The molecule has 0 unspecified atom stereocenters. The number of nitriles is 1. The lowest BCUT2D eigenvalue weighted by Gasteiger charge is -2.10. The van der Waals surface area contributed by atoms with Crippen molar-refractivity contribution in [2.24, 2.45) is 0 Å². The molecule has 0 spiro atoms. The molecule has 0 bridgehead atoms. The maximum Gasteiger partial charge on any atom is 0.144 e. The molecule has 102 valence electrons. The number of hydrogen-bond donors (Lipinski definition) is 1. The van der Waals surface area contributed by atoms with Crippen LogP contribution in [0, 0.1) is 11.3 Å². The lowest BCUT2D eigenvalue weighted by atomic mass is 10.1. The highest BCUT2D eigenvalue weighted by Gasteiger charge is 2.11. The molecule has 0 aliphatic rings. The van der Waals surface area contributed by atoms with Gasteiger partial charge in [-0.15, -0.1) is 0 Å². The van der Waals surface area contributed by atoms with E-state index < -0.39 is 0 Å². The molecule has 0 radical (unpaired) electrons. The summed E-state index contributed by atoms with van der Waals surface area (Å²) in [6.07, 6.45) is 3.50. The summed E-state index contributed by atoms with van der Waals surface area (Å²) in [6.45, 7) is 0. The van der Waals surface area contributed by atoms with Gasteiger partial charge in [0.05, 0.1) is 11.3 Å². The molecule has 3 rings (SSSR count). The number of nitrogens with zero attached hydrogens (tertiary/aromatic N) is 3. The molecule has 1 aromatic heterocycles.